The Morgan fingerprint density at radius 2 is 0.633 bits per heavy atom. The first kappa shape index (κ1) is 48.1. The fourth-order valence-electron chi connectivity index (χ4n) is 6.86. The minimum atomic E-state index is -1.43. The van der Waals surface area contributed by atoms with Gasteiger partial charge in [0.2, 0.25) is 0 Å². The lowest BCUT2D eigenvalue weighted by molar-refractivity contribution is -0.138. The Bertz CT molecular complexity index is 657. The van der Waals surface area contributed by atoms with Crippen LogP contribution >= 0.6 is 0 Å². The van der Waals surface area contributed by atoms with Gasteiger partial charge in [-0.2, -0.15) is 0 Å². The molecule has 0 radical (unpaired) electrons. The standard InChI is InChI=1S/C42H82O7/c1-3-5-7-9-11-13-15-17-19-21-23-25-27-29-31-37(41(47)39(45)33-43)35-49-36-38(42(48)40(46)34-44)32-30-28-26-24-22-20-18-16-14-12-10-8-6-4-2/h37-40,43-46H,3-36H2,1-2H3. The predicted molar refractivity (Wildman–Crippen MR) is 204 cm³/mol. The van der Waals surface area contributed by atoms with E-state index in [-0.39, 0.29) is 13.2 Å². The molecule has 0 aliphatic heterocycles. The fraction of sp³-hybridized carbons (Fsp3) is 0.952. The van der Waals surface area contributed by atoms with Crippen molar-refractivity contribution in [3.05, 3.63) is 0 Å². The smallest absolute Gasteiger partial charge is 0.168 e. The molecule has 4 atom stereocenters. The molecule has 0 heterocycles. The molecule has 0 aromatic carbocycles. The summed E-state index contributed by atoms with van der Waals surface area (Å²) in [6.07, 6.45) is 33.3. The summed E-state index contributed by atoms with van der Waals surface area (Å²) in [6, 6.07) is 0. The minimum absolute atomic E-state index is 0.0755. The van der Waals surface area contributed by atoms with Crippen molar-refractivity contribution in [3.8, 4) is 0 Å². The summed E-state index contributed by atoms with van der Waals surface area (Å²) in [7, 11) is 0. The van der Waals surface area contributed by atoms with E-state index in [0.717, 1.165) is 38.5 Å². The van der Waals surface area contributed by atoms with E-state index in [4.69, 9.17) is 4.74 Å². The molecule has 0 saturated heterocycles. The van der Waals surface area contributed by atoms with Crippen LogP contribution in [0, 0.1) is 11.8 Å². The van der Waals surface area contributed by atoms with Gasteiger partial charge in [0.25, 0.3) is 0 Å². The molecular weight excluding hydrogens is 616 g/mol. The molecule has 49 heavy (non-hydrogen) atoms. The number of Topliss-reactive ketones (excluding diaryl/α,β-unsaturated/α-hetero) is 2. The van der Waals surface area contributed by atoms with E-state index < -0.39 is 48.8 Å². The number of aliphatic hydroxyl groups is 4. The topological polar surface area (TPSA) is 124 Å². The van der Waals surface area contributed by atoms with Crippen LogP contribution in [-0.2, 0) is 14.3 Å². The zero-order chi connectivity index (χ0) is 36.2. The van der Waals surface area contributed by atoms with Crippen LogP contribution < -0.4 is 0 Å². The van der Waals surface area contributed by atoms with Gasteiger partial charge < -0.3 is 25.2 Å². The van der Waals surface area contributed by atoms with Crippen LogP contribution in [0.3, 0.4) is 0 Å². The van der Waals surface area contributed by atoms with Crippen molar-refractivity contribution < 1.29 is 34.8 Å². The van der Waals surface area contributed by atoms with Crippen molar-refractivity contribution in [1.29, 1.82) is 0 Å². The summed E-state index contributed by atoms with van der Waals surface area (Å²) in [4.78, 5) is 25.6. The molecule has 0 rings (SSSR count). The molecular formula is C42H82O7. The Morgan fingerprint density at radius 1 is 0.408 bits per heavy atom. The molecule has 0 bridgehead atoms. The highest BCUT2D eigenvalue weighted by molar-refractivity contribution is 5.86. The molecule has 7 heteroatoms. The van der Waals surface area contributed by atoms with Gasteiger partial charge in [0.05, 0.1) is 26.4 Å². The number of ether oxygens (including phenoxy) is 1. The van der Waals surface area contributed by atoms with Gasteiger partial charge in [-0.3, -0.25) is 9.59 Å². The van der Waals surface area contributed by atoms with Gasteiger partial charge in [0.15, 0.2) is 11.6 Å². The summed E-state index contributed by atoms with van der Waals surface area (Å²) in [5, 5.41) is 38.8. The number of ketones is 2. The third-order valence-corrected chi connectivity index (χ3v) is 10.3. The van der Waals surface area contributed by atoms with Crippen LogP contribution in [-0.4, -0.2) is 70.6 Å². The van der Waals surface area contributed by atoms with Crippen molar-refractivity contribution in [2.75, 3.05) is 26.4 Å². The first-order chi connectivity index (χ1) is 23.9. The van der Waals surface area contributed by atoms with Gasteiger partial charge in [0, 0.05) is 11.8 Å². The van der Waals surface area contributed by atoms with Crippen molar-refractivity contribution in [2.45, 2.75) is 219 Å². The highest BCUT2D eigenvalue weighted by atomic mass is 16.5. The van der Waals surface area contributed by atoms with Crippen LogP contribution in [0.5, 0.6) is 0 Å². The third kappa shape index (κ3) is 29.4. The number of aliphatic hydroxyl groups excluding tert-OH is 4. The van der Waals surface area contributed by atoms with Gasteiger partial charge in [-0.15, -0.1) is 0 Å². The van der Waals surface area contributed by atoms with Crippen molar-refractivity contribution >= 4 is 11.6 Å². The van der Waals surface area contributed by atoms with Gasteiger partial charge >= 0.3 is 0 Å². The molecule has 292 valence electrons. The average molecular weight is 699 g/mol. The van der Waals surface area contributed by atoms with Crippen molar-refractivity contribution in [3.63, 3.8) is 0 Å². The number of rotatable bonds is 40. The second-order valence-electron chi connectivity index (χ2n) is 14.9. The summed E-state index contributed by atoms with van der Waals surface area (Å²) in [6.45, 7) is 3.43. The largest absolute Gasteiger partial charge is 0.393 e. The second kappa shape index (κ2) is 36.9. The predicted octanol–water partition coefficient (Wildman–Crippen LogP) is 9.82. The fourth-order valence-corrected chi connectivity index (χ4v) is 6.86. The lowest BCUT2D eigenvalue weighted by atomic mass is 9.92. The molecule has 0 amide bonds. The maximum Gasteiger partial charge on any atom is 0.168 e. The van der Waals surface area contributed by atoms with E-state index >= 15 is 0 Å². The number of carbonyl (C=O) groups is 2. The maximum absolute atomic E-state index is 12.8. The van der Waals surface area contributed by atoms with Gasteiger partial charge in [-0.1, -0.05) is 194 Å². The number of unbranched alkanes of at least 4 members (excludes halogenated alkanes) is 26. The molecule has 7 nitrogen and oxygen atoms in total. The monoisotopic (exact) mass is 699 g/mol. The summed E-state index contributed by atoms with van der Waals surface area (Å²) in [5.41, 5.74) is 0. The molecule has 0 aromatic rings. The van der Waals surface area contributed by atoms with Crippen LogP contribution in [0.15, 0.2) is 0 Å². The van der Waals surface area contributed by atoms with Crippen molar-refractivity contribution in [1.82, 2.24) is 0 Å². The zero-order valence-electron chi connectivity index (χ0n) is 32.4. The molecule has 0 aromatic heterocycles. The highest BCUT2D eigenvalue weighted by Crippen LogP contribution is 2.20. The van der Waals surface area contributed by atoms with Gasteiger partial charge in [-0.05, 0) is 12.8 Å². The first-order valence-electron chi connectivity index (χ1n) is 21.2. The number of hydrogen-bond donors (Lipinski definition) is 4. The van der Waals surface area contributed by atoms with Crippen LogP contribution in [0.1, 0.15) is 206 Å². The molecule has 4 unspecified atom stereocenters. The minimum Gasteiger partial charge on any atom is -0.393 e. The molecule has 4 N–H and O–H groups in total. The van der Waals surface area contributed by atoms with Crippen LogP contribution in [0.4, 0.5) is 0 Å². The van der Waals surface area contributed by atoms with Crippen LogP contribution in [0.25, 0.3) is 0 Å². The lowest BCUT2D eigenvalue weighted by Gasteiger charge is -2.22. The second-order valence-corrected chi connectivity index (χ2v) is 14.9. The van der Waals surface area contributed by atoms with Crippen LogP contribution in [0.2, 0.25) is 0 Å². The Labute approximate surface area is 302 Å². The summed E-state index contributed by atoms with van der Waals surface area (Å²) in [5.74, 6) is -1.91. The zero-order valence-corrected chi connectivity index (χ0v) is 32.4. The quantitative estimate of drug-likeness (QED) is 0.0470. The van der Waals surface area contributed by atoms with E-state index in [2.05, 4.69) is 13.8 Å². The Morgan fingerprint density at radius 3 is 0.857 bits per heavy atom. The van der Waals surface area contributed by atoms with E-state index in [9.17, 15) is 30.0 Å². The summed E-state index contributed by atoms with van der Waals surface area (Å²) >= 11 is 0. The maximum atomic E-state index is 12.8. The summed E-state index contributed by atoms with van der Waals surface area (Å²) < 4.78 is 5.90. The Hall–Kier alpha value is -0.860. The van der Waals surface area contributed by atoms with E-state index in [0.29, 0.717) is 12.8 Å². The number of carbonyl (C=O) groups excluding carboxylic acids is 2. The normalized spacial score (nSPS) is 14.2. The molecule has 0 aliphatic carbocycles. The molecule has 0 spiro atoms. The molecule has 0 aliphatic rings. The van der Waals surface area contributed by atoms with E-state index in [1.165, 1.54) is 141 Å². The SMILES string of the molecule is CCCCCCCCCCCCCCCCC(COCC(CCCCCCCCCCCCCCCC)C(=O)C(O)CO)C(=O)C(O)CO. The molecule has 0 fully saturated rings. The first-order valence-corrected chi connectivity index (χ1v) is 21.2. The number of hydrogen-bond acceptors (Lipinski definition) is 7. The Kier molecular flexibility index (Phi) is 36.3. The third-order valence-electron chi connectivity index (χ3n) is 10.3. The van der Waals surface area contributed by atoms with E-state index in [1.807, 2.05) is 0 Å². The lowest BCUT2D eigenvalue weighted by Crippen LogP contribution is -2.36. The van der Waals surface area contributed by atoms with Gasteiger partial charge in [0.1, 0.15) is 12.2 Å². The van der Waals surface area contributed by atoms with Gasteiger partial charge in [-0.25, -0.2) is 0 Å². The van der Waals surface area contributed by atoms with Crippen molar-refractivity contribution in [2.24, 2.45) is 11.8 Å². The average Bonchev–Trinajstić information content (AvgIpc) is 3.12. The Balaban J connectivity index is 4.36. The molecule has 0 saturated carbocycles. The van der Waals surface area contributed by atoms with E-state index in [1.54, 1.807) is 0 Å². The highest BCUT2D eigenvalue weighted by Gasteiger charge is 2.28.